The molecular weight excluding hydrogens is 388 g/mol. The Morgan fingerprint density at radius 1 is 1.22 bits per heavy atom. The fourth-order valence-corrected chi connectivity index (χ4v) is 2.75. The minimum atomic E-state index is -4.82. The number of anilines is 1. The fourth-order valence-electron chi connectivity index (χ4n) is 2.36. The second-order valence-electron chi connectivity index (χ2n) is 5.49. The SMILES string of the molecule is C=Cc1cc(-c2ccc(NCP(=O)(O)O)cc2)c(C(F)(F)F)cc1[N+](=O)[O-]. The van der Waals surface area contributed by atoms with Crippen LogP contribution in [0, 0.1) is 10.1 Å². The first kappa shape index (κ1) is 20.6. The van der Waals surface area contributed by atoms with E-state index in [0.29, 0.717) is 11.8 Å². The lowest BCUT2D eigenvalue weighted by atomic mass is 9.95. The number of benzene rings is 2. The molecule has 0 unspecified atom stereocenters. The van der Waals surface area contributed by atoms with E-state index in [1.807, 2.05) is 0 Å². The van der Waals surface area contributed by atoms with Crippen LogP contribution in [-0.4, -0.2) is 21.0 Å². The predicted molar refractivity (Wildman–Crippen MR) is 94.2 cm³/mol. The van der Waals surface area contributed by atoms with Crippen LogP contribution in [-0.2, 0) is 10.7 Å². The van der Waals surface area contributed by atoms with Gasteiger partial charge in [0.2, 0.25) is 0 Å². The Bertz CT molecular complexity index is 923. The van der Waals surface area contributed by atoms with Gasteiger partial charge in [-0.2, -0.15) is 13.2 Å². The Balaban J connectivity index is 2.52. The van der Waals surface area contributed by atoms with Crippen LogP contribution in [0.2, 0.25) is 0 Å². The Labute approximate surface area is 151 Å². The van der Waals surface area contributed by atoms with Crippen molar-refractivity contribution in [1.29, 1.82) is 0 Å². The van der Waals surface area contributed by atoms with E-state index in [1.54, 1.807) is 0 Å². The quantitative estimate of drug-likeness (QED) is 0.373. The summed E-state index contributed by atoms with van der Waals surface area (Å²) in [7, 11) is -4.29. The number of nitro benzene ring substituents is 1. The van der Waals surface area contributed by atoms with Crippen LogP contribution < -0.4 is 5.32 Å². The van der Waals surface area contributed by atoms with E-state index in [1.165, 1.54) is 24.3 Å². The van der Waals surface area contributed by atoms with Crippen molar-refractivity contribution >= 4 is 25.0 Å². The van der Waals surface area contributed by atoms with Crippen molar-refractivity contribution in [2.75, 3.05) is 11.6 Å². The highest BCUT2D eigenvalue weighted by molar-refractivity contribution is 7.51. The molecular formula is C16H14F3N2O5P. The molecule has 0 aromatic heterocycles. The number of hydrogen-bond donors (Lipinski definition) is 3. The van der Waals surface area contributed by atoms with Gasteiger partial charge >= 0.3 is 13.8 Å². The summed E-state index contributed by atoms with van der Waals surface area (Å²) in [4.78, 5) is 27.8. The lowest BCUT2D eigenvalue weighted by Gasteiger charge is -2.15. The third kappa shape index (κ3) is 5.16. The molecule has 0 aliphatic carbocycles. The van der Waals surface area contributed by atoms with Gasteiger partial charge < -0.3 is 15.1 Å². The van der Waals surface area contributed by atoms with Crippen molar-refractivity contribution in [3.05, 3.63) is 64.2 Å². The lowest BCUT2D eigenvalue weighted by molar-refractivity contribution is -0.385. The van der Waals surface area contributed by atoms with Crippen molar-refractivity contribution < 1.29 is 32.4 Å². The number of halogens is 3. The molecule has 0 spiro atoms. The molecule has 0 aliphatic rings. The molecule has 144 valence electrons. The summed E-state index contributed by atoms with van der Waals surface area (Å²) in [5, 5.41) is 13.5. The zero-order valence-electron chi connectivity index (χ0n) is 13.6. The number of alkyl halides is 3. The first-order valence-corrected chi connectivity index (χ1v) is 9.13. The van der Waals surface area contributed by atoms with Crippen LogP contribution in [0.1, 0.15) is 11.1 Å². The van der Waals surface area contributed by atoms with E-state index < -0.39 is 36.2 Å². The Kier molecular flexibility index (Phi) is 5.74. The molecule has 0 fully saturated rings. The smallest absolute Gasteiger partial charge is 0.374 e. The molecule has 0 bridgehead atoms. The minimum Gasteiger partial charge on any atom is -0.374 e. The summed E-state index contributed by atoms with van der Waals surface area (Å²) in [6.45, 7) is 3.39. The molecule has 0 amide bonds. The number of nitro groups is 1. The second kappa shape index (κ2) is 7.51. The summed E-state index contributed by atoms with van der Waals surface area (Å²) in [6.07, 6.45) is -4.35. The molecule has 2 aromatic rings. The van der Waals surface area contributed by atoms with Crippen molar-refractivity contribution in [1.82, 2.24) is 0 Å². The Hall–Kier alpha value is -2.68. The number of nitrogens with one attached hydrogen (secondary N) is 1. The van der Waals surface area contributed by atoms with Gasteiger partial charge in [0.15, 0.2) is 0 Å². The zero-order valence-corrected chi connectivity index (χ0v) is 14.5. The van der Waals surface area contributed by atoms with Gasteiger partial charge in [-0.3, -0.25) is 14.7 Å². The van der Waals surface area contributed by atoms with E-state index in [4.69, 9.17) is 9.79 Å². The average molecular weight is 402 g/mol. The van der Waals surface area contributed by atoms with Crippen LogP contribution >= 0.6 is 7.60 Å². The summed E-state index contributed by atoms with van der Waals surface area (Å²) in [5.74, 6) is 0. The monoisotopic (exact) mass is 402 g/mol. The summed E-state index contributed by atoms with van der Waals surface area (Å²) >= 11 is 0. The van der Waals surface area contributed by atoms with Gasteiger partial charge in [0.05, 0.1) is 16.1 Å². The maximum Gasteiger partial charge on any atom is 0.417 e. The number of rotatable bonds is 6. The van der Waals surface area contributed by atoms with Crippen molar-refractivity contribution in [2.24, 2.45) is 0 Å². The average Bonchev–Trinajstić information content (AvgIpc) is 2.57. The molecule has 0 heterocycles. The van der Waals surface area contributed by atoms with E-state index in [2.05, 4.69) is 11.9 Å². The third-order valence-electron chi connectivity index (χ3n) is 3.57. The molecule has 2 aromatic carbocycles. The van der Waals surface area contributed by atoms with Crippen molar-refractivity contribution in [3.8, 4) is 11.1 Å². The molecule has 27 heavy (non-hydrogen) atoms. The van der Waals surface area contributed by atoms with Gasteiger partial charge in [0.1, 0.15) is 6.29 Å². The van der Waals surface area contributed by atoms with Gasteiger partial charge in [-0.05, 0) is 29.3 Å². The highest BCUT2D eigenvalue weighted by atomic mass is 31.2. The molecule has 0 atom stereocenters. The van der Waals surface area contributed by atoms with Crippen LogP contribution in [0.15, 0.2) is 43.0 Å². The van der Waals surface area contributed by atoms with Gasteiger partial charge in [-0.15, -0.1) is 0 Å². The highest BCUT2D eigenvalue weighted by Gasteiger charge is 2.36. The van der Waals surface area contributed by atoms with E-state index in [-0.39, 0.29) is 16.7 Å². The maximum absolute atomic E-state index is 13.4. The Morgan fingerprint density at radius 2 is 1.81 bits per heavy atom. The summed E-state index contributed by atoms with van der Waals surface area (Å²) in [5.41, 5.74) is -1.79. The molecule has 0 saturated heterocycles. The second-order valence-corrected chi connectivity index (χ2v) is 7.14. The molecule has 0 aliphatic heterocycles. The van der Waals surface area contributed by atoms with Gasteiger partial charge in [-0.1, -0.05) is 24.8 Å². The van der Waals surface area contributed by atoms with E-state index in [9.17, 15) is 27.9 Å². The summed E-state index contributed by atoms with van der Waals surface area (Å²) in [6, 6.07) is 6.81. The first-order valence-electron chi connectivity index (χ1n) is 7.33. The van der Waals surface area contributed by atoms with E-state index in [0.717, 1.165) is 12.1 Å². The molecule has 3 N–H and O–H groups in total. The normalized spacial score (nSPS) is 11.9. The standard InChI is InChI=1S/C16H14F3N2O5P/c1-2-10-7-13(14(16(17,18)19)8-15(10)21(22)23)11-3-5-12(6-4-11)20-9-27(24,25)26/h2-8,20H,1,9H2,(H2,24,25,26). The van der Waals surface area contributed by atoms with Crippen molar-refractivity contribution in [2.45, 2.75) is 6.18 Å². The third-order valence-corrected chi connectivity index (χ3v) is 4.14. The highest BCUT2D eigenvalue weighted by Crippen LogP contribution is 2.41. The number of hydrogen-bond acceptors (Lipinski definition) is 4. The van der Waals surface area contributed by atoms with E-state index >= 15 is 0 Å². The van der Waals surface area contributed by atoms with Gasteiger partial charge in [0.25, 0.3) is 5.69 Å². The first-order chi connectivity index (χ1) is 12.4. The predicted octanol–water partition coefficient (Wildman–Crippen LogP) is 4.47. The molecule has 2 rings (SSSR count). The largest absolute Gasteiger partial charge is 0.417 e. The van der Waals surface area contributed by atoms with Gasteiger partial charge in [0, 0.05) is 11.8 Å². The fraction of sp³-hybridized carbons (Fsp3) is 0.125. The molecule has 0 radical (unpaired) electrons. The van der Waals surface area contributed by atoms with Crippen molar-refractivity contribution in [3.63, 3.8) is 0 Å². The molecule has 0 saturated carbocycles. The van der Waals surface area contributed by atoms with Crippen LogP contribution in [0.25, 0.3) is 17.2 Å². The number of nitrogens with zero attached hydrogens (tertiary/aromatic N) is 1. The van der Waals surface area contributed by atoms with Crippen LogP contribution in [0.5, 0.6) is 0 Å². The lowest BCUT2D eigenvalue weighted by Crippen LogP contribution is -2.09. The van der Waals surface area contributed by atoms with Crippen LogP contribution in [0.4, 0.5) is 24.5 Å². The van der Waals surface area contributed by atoms with Crippen LogP contribution in [0.3, 0.4) is 0 Å². The Morgan fingerprint density at radius 3 is 2.26 bits per heavy atom. The maximum atomic E-state index is 13.4. The van der Waals surface area contributed by atoms with Gasteiger partial charge in [-0.25, -0.2) is 0 Å². The molecule has 7 nitrogen and oxygen atoms in total. The summed E-state index contributed by atoms with van der Waals surface area (Å²) < 4.78 is 51.0. The molecule has 11 heteroatoms. The minimum absolute atomic E-state index is 0.0632. The topological polar surface area (TPSA) is 113 Å². The zero-order chi connectivity index (χ0) is 20.4.